The fraction of sp³-hybridized carbons (Fsp3) is 0.467. The summed E-state index contributed by atoms with van der Waals surface area (Å²) in [4.78, 5) is 23.6. The van der Waals surface area contributed by atoms with Crippen molar-refractivity contribution < 1.29 is 18.7 Å². The smallest absolute Gasteiger partial charge is 0.408 e. The number of amides is 2. The van der Waals surface area contributed by atoms with Gasteiger partial charge in [-0.3, -0.25) is 4.79 Å². The standard InChI is InChI=1S/C15H21FN2O3/c1-9-8-11(16)6-7-12(9)18-13(19)10(2)17-14(20)21-15(3,4)5/h6-8,10H,1-5H3,(H,17,20)(H,18,19). The van der Waals surface area contributed by atoms with E-state index in [0.717, 1.165) is 0 Å². The van der Waals surface area contributed by atoms with Crippen LogP contribution in [0.1, 0.15) is 33.3 Å². The van der Waals surface area contributed by atoms with Crippen LogP contribution in [0.4, 0.5) is 14.9 Å². The zero-order chi connectivity index (χ0) is 16.2. The van der Waals surface area contributed by atoms with Crippen molar-refractivity contribution >= 4 is 17.7 Å². The maximum absolute atomic E-state index is 13.0. The zero-order valence-electron chi connectivity index (χ0n) is 12.9. The van der Waals surface area contributed by atoms with Gasteiger partial charge in [0.15, 0.2) is 0 Å². The van der Waals surface area contributed by atoms with E-state index in [1.807, 2.05) is 0 Å². The van der Waals surface area contributed by atoms with Crippen molar-refractivity contribution in [3.8, 4) is 0 Å². The molecule has 0 saturated heterocycles. The van der Waals surface area contributed by atoms with Gasteiger partial charge in [0.25, 0.3) is 0 Å². The molecule has 116 valence electrons. The Balaban J connectivity index is 2.61. The van der Waals surface area contributed by atoms with Gasteiger partial charge in [-0.25, -0.2) is 9.18 Å². The molecular formula is C15H21FN2O3. The fourth-order valence-corrected chi connectivity index (χ4v) is 1.56. The number of ether oxygens (including phenoxy) is 1. The number of aryl methyl sites for hydroxylation is 1. The van der Waals surface area contributed by atoms with Crippen LogP contribution < -0.4 is 10.6 Å². The van der Waals surface area contributed by atoms with Crippen molar-refractivity contribution in [2.75, 3.05) is 5.32 Å². The monoisotopic (exact) mass is 296 g/mol. The summed E-state index contributed by atoms with van der Waals surface area (Å²) < 4.78 is 18.1. The van der Waals surface area contributed by atoms with Crippen LogP contribution in [-0.2, 0) is 9.53 Å². The first-order valence-electron chi connectivity index (χ1n) is 6.65. The van der Waals surface area contributed by atoms with Gasteiger partial charge < -0.3 is 15.4 Å². The summed E-state index contributed by atoms with van der Waals surface area (Å²) in [5.41, 5.74) is 0.473. The maximum Gasteiger partial charge on any atom is 0.408 e. The SMILES string of the molecule is Cc1cc(F)ccc1NC(=O)C(C)NC(=O)OC(C)(C)C. The first-order valence-corrected chi connectivity index (χ1v) is 6.65. The second-order valence-electron chi connectivity index (χ2n) is 5.82. The Morgan fingerprint density at radius 2 is 1.90 bits per heavy atom. The lowest BCUT2D eigenvalue weighted by Crippen LogP contribution is -2.44. The molecule has 1 aromatic rings. The lowest BCUT2D eigenvalue weighted by molar-refractivity contribution is -0.117. The summed E-state index contributed by atoms with van der Waals surface area (Å²) in [6.07, 6.45) is -0.666. The predicted octanol–water partition coefficient (Wildman–Crippen LogP) is 2.99. The van der Waals surface area contributed by atoms with E-state index in [-0.39, 0.29) is 5.82 Å². The van der Waals surface area contributed by atoms with Crippen LogP contribution in [0.25, 0.3) is 0 Å². The van der Waals surface area contributed by atoms with Gasteiger partial charge in [0.2, 0.25) is 5.91 Å². The van der Waals surface area contributed by atoms with Crippen molar-refractivity contribution in [3.05, 3.63) is 29.6 Å². The van der Waals surface area contributed by atoms with E-state index in [1.165, 1.54) is 25.1 Å². The number of carbonyl (C=O) groups excluding carboxylic acids is 2. The molecule has 5 nitrogen and oxygen atoms in total. The summed E-state index contributed by atoms with van der Waals surface area (Å²) in [5.74, 6) is -0.777. The van der Waals surface area contributed by atoms with Gasteiger partial charge in [0.1, 0.15) is 17.5 Å². The van der Waals surface area contributed by atoms with Gasteiger partial charge >= 0.3 is 6.09 Å². The Morgan fingerprint density at radius 3 is 2.43 bits per heavy atom. The molecule has 0 aliphatic heterocycles. The van der Waals surface area contributed by atoms with E-state index in [1.54, 1.807) is 27.7 Å². The normalized spacial score (nSPS) is 12.5. The Labute approximate surface area is 123 Å². The number of rotatable bonds is 3. The van der Waals surface area contributed by atoms with Gasteiger partial charge in [-0.05, 0) is 58.4 Å². The average molecular weight is 296 g/mol. The highest BCUT2D eigenvalue weighted by molar-refractivity contribution is 5.96. The van der Waals surface area contributed by atoms with Crippen LogP contribution in [0.2, 0.25) is 0 Å². The van der Waals surface area contributed by atoms with Crippen molar-refractivity contribution in [3.63, 3.8) is 0 Å². The molecule has 0 spiro atoms. The van der Waals surface area contributed by atoms with E-state index in [9.17, 15) is 14.0 Å². The molecule has 1 rings (SSSR count). The summed E-state index contributed by atoms with van der Waals surface area (Å²) in [6.45, 7) is 8.43. The molecule has 0 fully saturated rings. The van der Waals surface area contributed by atoms with Crippen LogP contribution in [0.5, 0.6) is 0 Å². The number of nitrogens with one attached hydrogen (secondary N) is 2. The Kier molecular flexibility index (Phi) is 5.29. The molecule has 1 atom stereocenters. The van der Waals surface area contributed by atoms with E-state index in [4.69, 9.17) is 4.74 Å². The highest BCUT2D eigenvalue weighted by Crippen LogP contribution is 2.16. The van der Waals surface area contributed by atoms with Gasteiger partial charge in [-0.1, -0.05) is 0 Å². The minimum Gasteiger partial charge on any atom is -0.444 e. The van der Waals surface area contributed by atoms with Crippen molar-refractivity contribution in [2.24, 2.45) is 0 Å². The quantitative estimate of drug-likeness (QED) is 0.901. The minimum atomic E-state index is -0.774. The molecule has 0 radical (unpaired) electrons. The maximum atomic E-state index is 13.0. The number of alkyl carbamates (subject to hydrolysis) is 1. The molecule has 6 heteroatoms. The van der Waals surface area contributed by atoms with Crippen LogP contribution in [0.3, 0.4) is 0 Å². The number of benzene rings is 1. The van der Waals surface area contributed by atoms with E-state index >= 15 is 0 Å². The summed E-state index contributed by atoms with van der Waals surface area (Å²) >= 11 is 0. The molecule has 0 saturated carbocycles. The number of carbonyl (C=O) groups is 2. The number of halogens is 1. The highest BCUT2D eigenvalue weighted by Gasteiger charge is 2.21. The third kappa shape index (κ3) is 5.81. The Morgan fingerprint density at radius 1 is 1.29 bits per heavy atom. The van der Waals surface area contributed by atoms with Gasteiger partial charge in [-0.2, -0.15) is 0 Å². The zero-order valence-corrected chi connectivity index (χ0v) is 12.9. The second kappa shape index (κ2) is 6.56. The molecule has 21 heavy (non-hydrogen) atoms. The van der Waals surface area contributed by atoms with Gasteiger partial charge in [-0.15, -0.1) is 0 Å². The first kappa shape index (κ1) is 16.9. The molecule has 0 bridgehead atoms. The van der Waals surface area contributed by atoms with Gasteiger partial charge in [0.05, 0.1) is 0 Å². The topological polar surface area (TPSA) is 67.4 Å². The van der Waals surface area contributed by atoms with Crippen LogP contribution in [-0.4, -0.2) is 23.6 Å². The molecule has 0 aliphatic rings. The van der Waals surface area contributed by atoms with Crippen LogP contribution in [0, 0.1) is 12.7 Å². The summed E-state index contributed by atoms with van der Waals surface area (Å²) in [7, 11) is 0. The van der Waals surface area contributed by atoms with E-state index in [0.29, 0.717) is 11.3 Å². The molecule has 0 aliphatic carbocycles. The Bertz CT molecular complexity index is 538. The molecule has 2 amide bonds. The lowest BCUT2D eigenvalue weighted by Gasteiger charge is -2.21. The van der Waals surface area contributed by atoms with E-state index in [2.05, 4.69) is 10.6 Å². The molecule has 1 aromatic carbocycles. The van der Waals surface area contributed by atoms with Gasteiger partial charge in [0, 0.05) is 5.69 Å². The van der Waals surface area contributed by atoms with Crippen molar-refractivity contribution in [1.29, 1.82) is 0 Å². The third-order valence-electron chi connectivity index (χ3n) is 2.57. The molecule has 1 unspecified atom stereocenters. The summed E-state index contributed by atoms with van der Waals surface area (Å²) in [5, 5.41) is 5.07. The minimum absolute atomic E-state index is 0.370. The predicted molar refractivity (Wildman–Crippen MR) is 78.6 cm³/mol. The number of hydrogen-bond acceptors (Lipinski definition) is 3. The highest BCUT2D eigenvalue weighted by atomic mass is 19.1. The molecule has 2 N–H and O–H groups in total. The largest absolute Gasteiger partial charge is 0.444 e. The fourth-order valence-electron chi connectivity index (χ4n) is 1.56. The van der Waals surface area contributed by atoms with Crippen LogP contribution >= 0.6 is 0 Å². The number of hydrogen-bond donors (Lipinski definition) is 2. The molecular weight excluding hydrogens is 275 g/mol. The van der Waals surface area contributed by atoms with Crippen molar-refractivity contribution in [2.45, 2.75) is 46.3 Å². The number of anilines is 1. The lowest BCUT2D eigenvalue weighted by atomic mass is 10.2. The molecule has 0 heterocycles. The summed E-state index contributed by atoms with van der Waals surface area (Å²) in [6, 6.07) is 3.28. The van der Waals surface area contributed by atoms with E-state index < -0.39 is 23.6 Å². The molecule has 0 aromatic heterocycles. The van der Waals surface area contributed by atoms with Crippen molar-refractivity contribution in [1.82, 2.24) is 5.32 Å². The average Bonchev–Trinajstić information content (AvgIpc) is 2.29. The first-order chi connectivity index (χ1) is 9.58. The Hall–Kier alpha value is -2.11. The second-order valence-corrected chi connectivity index (χ2v) is 5.82. The third-order valence-corrected chi connectivity index (χ3v) is 2.57. The van der Waals surface area contributed by atoms with Crippen LogP contribution in [0.15, 0.2) is 18.2 Å².